The van der Waals surface area contributed by atoms with Crippen molar-refractivity contribution in [3.63, 3.8) is 0 Å². The molecule has 0 aromatic carbocycles. The highest BCUT2D eigenvalue weighted by molar-refractivity contribution is 5.60. The van der Waals surface area contributed by atoms with Gasteiger partial charge in [0, 0.05) is 12.6 Å². The average Bonchev–Trinajstić information content (AvgIpc) is 2.92. The first-order valence-electron chi connectivity index (χ1n) is 10.9. The van der Waals surface area contributed by atoms with E-state index in [4.69, 9.17) is 9.90 Å². The third-order valence-corrected chi connectivity index (χ3v) is 8.40. The molecule has 3 aliphatic carbocycles. The Bertz CT molecular complexity index is 565. The van der Waals surface area contributed by atoms with E-state index in [1.165, 1.54) is 31.3 Å². The number of allylic oxidation sites excluding steroid dienone is 1. The molecule has 0 radical (unpaired) electrons. The number of aliphatic hydroxyl groups excluding tert-OH is 2. The van der Waals surface area contributed by atoms with Gasteiger partial charge >= 0.3 is 0 Å². The third-order valence-electron chi connectivity index (χ3n) is 8.40. The maximum Gasteiger partial charge on any atom is 0.0544 e. The minimum Gasteiger partial charge on any atom is -0.550 e. The molecule has 0 saturated heterocycles. The maximum absolute atomic E-state index is 10.1. The molecule has 0 heterocycles. The molecule has 2 unspecified atom stereocenters. The number of carboxylic acids is 1. The van der Waals surface area contributed by atoms with Crippen LogP contribution in [0.2, 0.25) is 0 Å². The molecule has 0 aromatic rings. The standard InChI is InChI=1S/C21H37NO2.C2H4O2.H3N/c1-14-5-6-18-17(12-22-4)19(8-10-20(14,18)2)21(3)9-7-16(24)11-15(21)13-23;1-2(3)4;/h15-19,22-24H,1,5-13H2,2-4H3;1H3,(H,3,4);1H3/t15-,16+,17-,18?,19?,20+,21+;;/m1../s1. The summed E-state index contributed by atoms with van der Waals surface area (Å²) in [6.07, 6.45) is 7.44. The molecule has 3 aliphatic rings. The summed E-state index contributed by atoms with van der Waals surface area (Å²) in [4.78, 5) is 8.89. The van der Waals surface area contributed by atoms with Crippen molar-refractivity contribution in [3.05, 3.63) is 12.2 Å². The number of carboxylic acid groups (broad SMARTS) is 1. The zero-order valence-corrected chi connectivity index (χ0v) is 19.2. The maximum atomic E-state index is 10.1. The van der Waals surface area contributed by atoms with E-state index in [9.17, 15) is 10.2 Å². The van der Waals surface area contributed by atoms with Crippen LogP contribution in [0.25, 0.3) is 0 Å². The lowest BCUT2D eigenvalue weighted by Gasteiger charge is -2.56. The number of aliphatic hydroxyl groups is 2. The second kappa shape index (κ2) is 10.4. The molecule has 6 nitrogen and oxygen atoms in total. The molecule has 0 aromatic heterocycles. The number of quaternary nitrogens is 1. The van der Waals surface area contributed by atoms with Gasteiger partial charge in [-0.3, -0.25) is 0 Å². The molecule has 7 atom stereocenters. The number of hydrogen-bond acceptors (Lipinski definition) is 5. The molecule has 0 spiro atoms. The summed E-state index contributed by atoms with van der Waals surface area (Å²) in [5, 5.41) is 32.5. The summed E-state index contributed by atoms with van der Waals surface area (Å²) in [6.45, 7) is 11.5. The summed E-state index contributed by atoms with van der Waals surface area (Å²) >= 11 is 0. The smallest absolute Gasteiger partial charge is 0.0544 e. The number of aliphatic carboxylic acids is 1. The molecule has 3 rings (SSSR count). The molecule has 3 saturated carbocycles. The fourth-order valence-corrected chi connectivity index (χ4v) is 6.70. The van der Waals surface area contributed by atoms with Crippen molar-refractivity contribution in [2.24, 2.45) is 34.5 Å². The Kier molecular flexibility index (Phi) is 9.34. The number of rotatable bonds is 4. The van der Waals surface area contributed by atoms with Crippen LogP contribution in [0.15, 0.2) is 12.2 Å². The van der Waals surface area contributed by atoms with Gasteiger partial charge in [-0.1, -0.05) is 26.0 Å². The largest absolute Gasteiger partial charge is 0.550 e. The first-order chi connectivity index (χ1) is 13.1. The van der Waals surface area contributed by atoms with E-state index >= 15 is 0 Å². The summed E-state index contributed by atoms with van der Waals surface area (Å²) in [5.41, 5.74) is 1.94. The van der Waals surface area contributed by atoms with Crippen molar-refractivity contribution in [3.8, 4) is 0 Å². The van der Waals surface area contributed by atoms with Crippen LogP contribution >= 0.6 is 0 Å². The van der Waals surface area contributed by atoms with Crippen LogP contribution in [0.5, 0.6) is 0 Å². The van der Waals surface area contributed by atoms with Crippen LogP contribution < -0.4 is 16.6 Å². The highest BCUT2D eigenvalue weighted by Crippen LogP contribution is 2.63. The summed E-state index contributed by atoms with van der Waals surface area (Å²) < 4.78 is 0. The molecule has 0 amide bonds. The lowest BCUT2D eigenvalue weighted by atomic mass is 9.49. The molecule has 170 valence electrons. The van der Waals surface area contributed by atoms with E-state index in [1.807, 2.05) is 0 Å². The topological polar surface area (TPSA) is 129 Å². The second-order valence-electron chi connectivity index (χ2n) is 9.84. The van der Waals surface area contributed by atoms with Gasteiger partial charge < -0.3 is 31.6 Å². The quantitative estimate of drug-likeness (QED) is 0.527. The van der Waals surface area contributed by atoms with Crippen LogP contribution in [-0.4, -0.2) is 42.5 Å². The summed E-state index contributed by atoms with van der Waals surface area (Å²) in [6, 6.07) is 0. The van der Waals surface area contributed by atoms with Gasteiger partial charge in [0.15, 0.2) is 0 Å². The Morgan fingerprint density at radius 2 is 1.86 bits per heavy atom. The van der Waals surface area contributed by atoms with E-state index in [-0.39, 0.29) is 30.2 Å². The zero-order valence-electron chi connectivity index (χ0n) is 19.2. The summed E-state index contributed by atoms with van der Waals surface area (Å²) in [5.74, 6) is 1.17. The predicted molar refractivity (Wildman–Crippen MR) is 115 cm³/mol. The Morgan fingerprint density at radius 3 is 2.41 bits per heavy atom. The highest BCUT2D eigenvalue weighted by atomic mass is 16.4. The second-order valence-corrected chi connectivity index (χ2v) is 9.84. The molecule has 7 N–H and O–H groups in total. The fraction of sp³-hybridized carbons (Fsp3) is 0.870. The van der Waals surface area contributed by atoms with Gasteiger partial charge in [0.25, 0.3) is 0 Å². The molecular formula is C23H44N2O4. The fourth-order valence-electron chi connectivity index (χ4n) is 6.70. The molecular weight excluding hydrogens is 368 g/mol. The van der Waals surface area contributed by atoms with Gasteiger partial charge in [-0.2, -0.15) is 0 Å². The monoisotopic (exact) mass is 412 g/mol. The van der Waals surface area contributed by atoms with Gasteiger partial charge in [0.05, 0.1) is 6.10 Å². The van der Waals surface area contributed by atoms with Gasteiger partial charge in [0.1, 0.15) is 0 Å². The highest BCUT2D eigenvalue weighted by Gasteiger charge is 2.56. The molecule has 6 heteroatoms. The molecule has 29 heavy (non-hydrogen) atoms. The first kappa shape index (κ1) is 26.1. The van der Waals surface area contributed by atoms with Crippen LogP contribution in [-0.2, 0) is 4.79 Å². The van der Waals surface area contributed by atoms with Gasteiger partial charge in [-0.05, 0) is 100.0 Å². The van der Waals surface area contributed by atoms with Gasteiger partial charge in [0.2, 0.25) is 0 Å². The number of carbonyl (C=O) groups is 1. The van der Waals surface area contributed by atoms with Gasteiger partial charge in [-0.15, -0.1) is 0 Å². The lowest BCUT2D eigenvalue weighted by Crippen LogP contribution is -2.53. The van der Waals surface area contributed by atoms with E-state index in [2.05, 4.69) is 32.8 Å². The Balaban J connectivity index is 0.000000771. The number of carbonyl (C=O) groups excluding carboxylic acids is 1. The average molecular weight is 413 g/mol. The zero-order chi connectivity index (χ0) is 21.1. The predicted octanol–water partition coefficient (Wildman–Crippen LogP) is 2.50. The van der Waals surface area contributed by atoms with Crippen LogP contribution in [0.1, 0.15) is 65.7 Å². The molecule has 3 fully saturated rings. The Hall–Kier alpha value is -0.950. The number of hydrogen-bond donors (Lipinski definition) is 4. The SMILES string of the molecule is C=C1CCC2[C@@H](CNC)C([C@@]3(C)CC[C@H](O)C[C@@H]3CO)CC[C@@]12C.CC(=O)[O-].[NH4+]. The molecule has 0 aliphatic heterocycles. The van der Waals surface area contributed by atoms with Crippen molar-refractivity contribution in [1.29, 1.82) is 0 Å². The van der Waals surface area contributed by atoms with Crippen molar-refractivity contribution >= 4 is 5.97 Å². The third kappa shape index (κ3) is 5.22. The van der Waals surface area contributed by atoms with E-state index < -0.39 is 5.97 Å². The van der Waals surface area contributed by atoms with Crippen LogP contribution in [0.3, 0.4) is 0 Å². The van der Waals surface area contributed by atoms with Crippen molar-refractivity contribution < 1.29 is 20.1 Å². The van der Waals surface area contributed by atoms with Crippen molar-refractivity contribution in [2.75, 3.05) is 20.2 Å². The van der Waals surface area contributed by atoms with E-state index in [0.29, 0.717) is 17.3 Å². The van der Waals surface area contributed by atoms with Crippen molar-refractivity contribution in [2.45, 2.75) is 71.8 Å². The minimum absolute atomic E-state index is 0. The number of nitrogens with one attached hydrogen (secondary N) is 1. The van der Waals surface area contributed by atoms with E-state index in [1.54, 1.807) is 0 Å². The van der Waals surface area contributed by atoms with Crippen molar-refractivity contribution in [1.82, 2.24) is 11.5 Å². The number of fused-ring (bicyclic) bond motifs is 1. The van der Waals surface area contributed by atoms with Crippen LogP contribution in [0, 0.1) is 34.5 Å². The Morgan fingerprint density at radius 1 is 1.24 bits per heavy atom. The van der Waals surface area contributed by atoms with Crippen LogP contribution in [0.4, 0.5) is 0 Å². The first-order valence-corrected chi connectivity index (χ1v) is 10.9. The van der Waals surface area contributed by atoms with E-state index in [0.717, 1.165) is 38.6 Å². The lowest BCUT2D eigenvalue weighted by molar-refractivity contribution is -0.302. The minimum atomic E-state index is -1.08. The molecule has 0 bridgehead atoms. The summed E-state index contributed by atoms with van der Waals surface area (Å²) in [7, 11) is 2.07. The normalized spacial score (nSPS) is 41.6. The van der Waals surface area contributed by atoms with Gasteiger partial charge in [-0.25, -0.2) is 0 Å². The Labute approximate surface area is 176 Å².